The van der Waals surface area contributed by atoms with E-state index in [1.165, 1.54) is 35.9 Å². The van der Waals surface area contributed by atoms with Gasteiger partial charge in [-0.25, -0.2) is 0 Å². The van der Waals surface area contributed by atoms with Crippen LogP contribution in [0, 0.1) is 10.1 Å². The number of thioether (sulfide) groups is 1. The fraction of sp³-hybridized carbons (Fsp3) is 0.429. The van der Waals surface area contributed by atoms with Crippen LogP contribution < -0.4 is 4.74 Å². The van der Waals surface area contributed by atoms with Crippen molar-refractivity contribution in [2.45, 2.75) is 12.7 Å². The van der Waals surface area contributed by atoms with Gasteiger partial charge in [-0.15, -0.1) is 11.8 Å². The Morgan fingerprint density at radius 3 is 2.65 bits per heavy atom. The van der Waals surface area contributed by atoms with Gasteiger partial charge in [-0.1, -0.05) is 6.07 Å². The number of carbonyl (C=O) groups excluding carboxylic acids is 1. The second-order valence-corrected chi connectivity index (χ2v) is 5.54. The molecule has 1 amide bonds. The van der Waals surface area contributed by atoms with Crippen molar-refractivity contribution < 1.29 is 24.4 Å². The molecule has 1 aromatic rings. The summed E-state index contributed by atoms with van der Waals surface area (Å²) >= 11 is 1.27. The lowest BCUT2D eigenvalue weighted by Crippen LogP contribution is -2.36. The number of nitro groups is 1. The Morgan fingerprint density at radius 2 is 2.13 bits per heavy atom. The lowest BCUT2D eigenvalue weighted by Gasteiger charge is -2.18. The van der Waals surface area contributed by atoms with Crippen LogP contribution in [-0.2, 0) is 15.3 Å². The van der Waals surface area contributed by atoms with Crippen molar-refractivity contribution in [3.05, 3.63) is 33.9 Å². The Labute approximate surface area is 137 Å². The number of rotatable bonds is 9. The van der Waals surface area contributed by atoms with Gasteiger partial charge in [-0.05, 0) is 18.6 Å². The number of hydrogen-bond acceptors (Lipinski definition) is 6. The molecule has 0 bridgehead atoms. The number of carbonyl (C=O) groups is 2. The van der Waals surface area contributed by atoms with Crippen molar-refractivity contribution in [2.75, 3.05) is 26.0 Å². The topological polar surface area (TPSA) is 110 Å². The number of ether oxygens (including phenoxy) is 1. The summed E-state index contributed by atoms with van der Waals surface area (Å²) in [6.07, 6.45) is 0. The van der Waals surface area contributed by atoms with Crippen LogP contribution in [0.5, 0.6) is 5.75 Å². The number of carboxylic acids is 1. The average Bonchev–Trinajstić information content (AvgIpc) is 2.51. The van der Waals surface area contributed by atoms with Gasteiger partial charge in [0.15, 0.2) is 5.75 Å². The summed E-state index contributed by atoms with van der Waals surface area (Å²) < 4.78 is 4.92. The second kappa shape index (κ2) is 8.99. The van der Waals surface area contributed by atoms with Crippen LogP contribution in [0.2, 0.25) is 0 Å². The molecule has 1 N–H and O–H groups in total. The number of hydrogen-bond donors (Lipinski definition) is 1. The quantitative estimate of drug-likeness (QED) is 0.538. The number of aliphatic carboxylic acids is 1. The maximum atomic E-state index is 11.9. The van der Waals surface area contributed by atoms with Crippen LogP contribution in [0.25, 0.3) is 0 Å². The first-order valence-corrected chi connectivity index (χ1v) is 7.93. The van der Waals surface area contributed by atoms with Crippen LogP contribution in [0.3, 0.4) is 0 Å². The Kier molecular flexibility index (Phi) is 7.33. The van der Waals surface area contributed by atoms with Crippen LogP contribution in [0.15, 0.2) is 18.2 Å². The highest BCUT2D eigenvalue weighted by Gasteiger charge is 2.17. The van der Waals surface area contributed by atoms with E-state index in [4.69, 9.17) is 9.84 Å². The number of carboxylic acid groups (broad SMARTS) is 1. The summed E-state index contributed by atoms with van der Waals surface area (Å²) in [5.41, 5.74) is 0.564. The minimum atomic E-state index is -1.06. The summed E-state index contributed by atoms with van der Waals surface area (Å²) in [6.45, 7) is 1.70. The summed E-state index contributed by atoms with van der Waals surface area (Å²) in [6, 6.07) is 4.61. The Hall–Kier alpha value is -2.29. The van der Waals surface area contributed by atoms with Gasteiger partial charge in [0.1, 0.15) is 6.54 Å². The first-order valence-electron chi connectivity index (χ1n) is 6.77. The number of likely N-dealkylation sites (N-methyl/N-ethyl adjacent to an activating group) is 1. The van der Waals surface area contributed by atoms with Crippen molar-refractivity contribution in [1.82, 2.24) is 4.90 Å². The first-order chi connectivity index (χ1) is 10.9. The standard InChI is InChI=1S/C14H18N2O6S/c1-3-15(7-14(18)19)13(17)9-23-8-10-4-5-12(22-2)11(6-10)16(20)21/h4-6H,3,7-9H2,1-2H3,(H,18,19). The van der Waals surface area contributed by atoms with Gasteiger partial charge in [0.05, 0.1) is 17.8 Å². The Balaban J connectivity index is 2.61. The molecule has 0 heterocycles. The molecule has 8 nitrogen and oxygen atoms in total. The van der Waals surface area contributed by atoms with Gasteiger partial charge in [0.25, 0.3) is 0 Å². The van der Waals surface area contributed by atoms with Gasteiger partial charge >= 0.3 is 11.7 Å². The van der Waals surface area contributed by atoms with E-state index in [9.17, 15) is 19.7 Å². The molecule has 0 saturated carbocycles. The molecule has 0 aliphatic carbocycles. The molecule has 0 aliphatic heterocycles. The van der Waals surface area contributed by atoms with Crippen LogP contribution >= 0.6 is 11.8 Å². The van der Waals surface area contributed by atoms with Crippen molar-refractivity contribution in [1.29, 1.82) is 0 Å². The van der Waals surface area contributed by atoms with E-state index in [0.29, 0.717) is 17.9 Å². The van der Waals surface area contributed by atoms with Crippen LogP contribution in [0.1, 0.15) is 12.5 Å². The van der Waals surface area contributed by atoms with Gasteiger partial charge in [0, 0.05) is 18.4 Å². The smallest absolute Gasteiger partial charge is 0.323 e. The highest BCUT2D eigenvalue weighted by molar-refractivity contribution is 7.99. The zero-order chi connectivity index (χ0) is 17.4. The molecule has 0 saturated heterocycles. The molecule has 0 aliphatic rings. The molecule has 0 atom stereocenters. The highest BCUT2D eigenvalue weighted by atomic mass is 32.2. The van der Waals surface area contributed by atoms with E-state index in [2.05, 4.69) is 0 Å². The second-order valence-electron chi connectivity index (χ2n) is 4.56. The molecule has 23 heavy (non-hydrogen) atoms. The molecule has 126 valence electrons. The Morgan fingerprint density at radius 1 is 1.43 bits per heavy atom. The summed E-state index contributed by atoms with van der Waals surface area (Å²) in [4.78, 5) is 34.2. The normalized spacial score (nSPS) is 10.2. The van der Waals surface area contributed by atoms with Gasteiger partial charge in [0.2, 0.25) is 5.91 Å². The maximum absolute atomic E-state index is 11.9. The van der Waals surface area contributed by atoms with Crippen LogP contribution in [0.4, 0.5) is 5.69 Å². The van der Waals surface area contributed by atoms with Gasteiger partial charge < -0.3 is 14.7 Å². The van der Waals surface area contributed by atoms with E-state index in [0.717, 1.165) is 0 Å². The fourth-order valence-electron chi connectivity index (χ4n) is 1.86. The predicted molar refractivity (Wildman–Crippen MR) is 85.7 cm³/mol. The third-order valence-corrected chi connectivity index (χ3v) is 3.98. The van der Waals surface area contributed by atoms with E-state index >= 15 is 0 Å². The first kappa shape index (κ1) is 18.8. The molecular formula is C14H18N2O6S. The highest BCUT2D eigenvalue weighted by Crippen LogP contribution is 2.29. The van der Waals surface area contributed by atoms with E-state index in [-0.39, 0.29) is 29.6 Å². The van der Waals surface area contributed by atoms with Crippen LogP contribution in [-0.4, -0.2) is 52.8 Å². The molecule has 1 rings (SSSR count). The zero-order valence-corrected chi connectivity index (χ0v) is 13.7. The molecule has 0 radical (unpaired) electrons. The predicted octanol–water partition coefficient (Wildman–Crippen LogP) is 1.77. The van der Waals surface area contributed by atoms with Crippen molar-refractivity contribution in [3.8, 4) is 5.75 Å². The SMILES string of the molecule is CCN(CC(=O)O)C(=O)CSCc1ccc(OC)c([N+](=O)[O-])c1. The lowest BCUT2D eigenvalue weighted by molar-refractivity contribution is -0.385. The zero-order valence-electron chi connectivity index (χ0n) is 12.9. The lowest BCUT2D eigenvalue weighted by atomic mass is 10.2. The fourth-order valence-corrected chi connectivity index (χ4v) is 2.73. The Bertz CT molecular complexity index is 593. The van der Waals surface area contributed by atoms with Gasteiger partial charge in [-0.2, -0.15) is 0 Å². The van der Waals surface area contributed by atoms with Crippen molar-refractivity contribution >= 4 is 29.3 Å². The summed E-state index contributed by atoms with van der Waals surface area (Å²) in [5.74, 6) is -0.639. The van der Waals surface area contributed by atoms with Crippen molar-refractivity contribution in [3.63, 3.8) is 0 Å². The van der Waals surface area contributed by atoms with E-state index in [1.54, 1.807) is 13.0 Å². The average molecular weight is 342 g/mol. The largest absolute Gasteiger partial charge is 0.490 e. The number of nitro benzene ring substituents is 1. The third kappa shape index (κ3) is 5.78. The molecule has 0 unspecified atom stereocenters. The number of methoxy groups -OCH3 is 1. The minimum Gasteiger partial charge on any atom is -0.490 e. The van der Waals surface area contributed by atoms with E-state index < -0.39 is 10.9 Å². The molecule has 0 spiro atoms. The molecular weight excluding hydrogens is 324 g/mol. The van der Waals surface area contributed by atoms with E-state index in [1.807, 2.05) is 0 Å². The monoisotopic (exact) mass is 342 g/mol. The number of nitrogens with zero attached hydrogens (tertiary/aromatic N) is 2. The summed E-state index contributed by atoms with van der Waals surface area (Å²) in [5, 5.41) is 19.7. The molecule has 1 aromatic carbocycles. The minimum absolute atomic E-state index is 0.112. The number of amides is 1. The third-order valence-electron chi connectivity index (χ3n) is 2.99. The summed E-state index contributed by atoms with van der Waals surface area (Å²) in [7, 11) is 1.36. The number of benzene rings is 1. The maximum Gasteiger partial charge on any atom is 0.323 e. The molecule has 0 aromatic heterocycles. The molecule has 0 fully saturated rings. The molecule has 9 heteroatoms. The van der Waals surface area contributed by atoms with Gasteiger partial charge in [-0.3, -0.25) is 19.7 Å². The van der Waals surface area contributed by atoms with Crippen molar-refractivity contribution in [2.24, 2.45) is 0 Å².